The quantitative estimate of drug-likeness (QED) is 0.321. The fraction of sp³-hybridized carbons (Fsp3) is 0.448. The van der Waals surface area contributed by atoms with Crippen molar-refractivity contribution < 1.29 is 52.7 Å². The van der Waals surface area contributed by atoms with Gasteiger partial charge in [-0.15, -0.1) is 0 Å². The molecule has 3 rings (SSSR count). The second-order valence-corrected chi connectivity index (χ2v) is 9.74. The molecule has 0 aliphatic carbocycles. The number of carbonyl (C=O) groups is 4. The summed E-state index contributed by atoms with van der Waals surface area (Å²) in [5.74, 6) is -4.96. The minimum absolute atomic E-state index is 0.0138. The summed E-state index contributed by atoms with van der Waals surface area (Å²) in [7, 11) is 0. The van der Waals surface area contributed by atoms with Gasteiger partial charge in [0.05, 0.1) is 11.6 Å². The van der Waals surface area contributed by atoms with Crippen molar-refractivity contribution in [1.82, 2.24) is 0 Å². The van der Waals surface area contributed by atoms with Gasteiger partial charge in [-0.25, -0.2) is 0 Å². The van der Waals surface area contributed by atoms with Crippen LogP contribution in [0.25, 0.3) is 0 Å². The SMILES string of the molecule is CCOc1ccc(Cc2cccc([C@@]3(O)O[C@H](COC(C)=O)[C@@H](OC(C)=O)[C@H](OC(C)=O)[C@H]3OC(C)=O)c2Cl)cc1. The van der Waals surface area contributed by atoms with Gasteiger partial charge in [-0.1, -0.05) is 41.9 Å². The molecule has 2 aromatic carbocycles. The summed E-state index contributed by atoms with van der Waals surface area (Å²) < 4.78 is 32.9. The zero-order chi connectivity index (χ0) is 30.3. The number of ether oxygens (including phenoxy) is 6. The third-order valence-corrected chi connectivity index (χ3v) is 6.59. The smallest absolute Gasteiger partial charge is 0.303 e. The van der Waals surface area contributed by atoms with E-state index in [4.69, 9.17) is 40.0 Å². The van der Waals surface area contributed by atoms with Crippen LogP contribution in [0.5, 0.6) is 5.75 Å². The Morgan fingerprint density at radius 1 is 0.878 bits per heavy atom. The topological polar surface area (TPSA) is 144 Å². The Hall–Kier alpha value is -3.67. The highest BCUT2D eigenvalue weighted by molar-refractivity contribution is 6.32. The summed E-state index contributed by atoms with van der Waals surface area (Å²) >= 11 is 6.83. The zero-order valence-corrected chi connectivity index (χ0v) is 24.1. The Bertz CT molecular complexity index is 1260. The standard InChI is InChI=1S/C29H33ClO11/c1-6-36-22-12-10-20(11-13-22)14-21-8-7-9-23(25(21)30)29(35)28(40-19(5)34)27(39-18(4)33)26(38-17(3)32)24(41-29)15-37-16(2)31/h7-13,24,26-28,35H,6,14-15H2,1-5H3/t24-,26-,27+,28-,29-/m1/s1. The number of carbonyl (C=O) groups excluding carboxylic acids is 4. The summed E-state index contributed by atoms with van der Waals surface area (Å²) in [6.07, 6.45) is -5.72. The summed E-state index contributed by atoms with van der Waals surface area (Å²) in [6.45, 7) is 6.36. The van der Waals surface area contributed by atoms with E-state index in [1.54, 1.807) is 12.1 Å². The van der Waals surface area contributed by atoms with Gasteiger partial charge in [-0.2, -0.15) is 0 Å². The van der Waals surface area contributed by atoms with Gasteiger partial charge in [0.1, 0.15) is 18.5 Å². The Morgan fingerprint density at radius 3 is 2.05 bits per heavy atom. The molecule has 0 radical (unpaired) electrons. The van der Waals surface area contributed by atoms with E-state index in [0.717, 1.165) is 33.3 Å². The molecule has 222 valence electrons. The van der Waals surface area contributed by atoms with Crippen molar-refractivity contribution in [2.75, 3.05) is 13.2 Å². The van der Waals surface area contributed by atoms with Gasteiger partial charge in [0, 0.05) is 33.3 Å². The number of esters is 4. The molecule has 1 heterocycles. The average molecular weight is 593 g/mol. The van der Waals surface area contributed by atoms with Crippen molar-refractivity contribution in [3.8, 4) is 5.75 Å². The van der Waals surface area contributed by atoms with Crippen LogP contribution in [-0.2, 0) is 55.1 Å². The summed E-state index contributed by atoms with van der Waals surface area (Å²) in [4.78, 5) is 47.9. The second-order valence-electron chi connectivity index (χ2n) is 9.37. The van der Waals surface area contributed by atoms with Gasteiger partial charge in [0.25, 0.3) is 0 Å². The lowest BCUT2D eigenvalue weighted by molar-refractivity contribution is -0.360. The van der Waals surface area contributed by atoms with Crippen LogP contribution < -0.4 is 4.74 Å². The Labute approximate surface area is 242 Å². The van der Waals surface area contributed by atoms with Crippen LogP contribution in [0.2, 0.25) is 5.02 Å². The van der Waals surface area contributed by atoms with Crippen LogP contribution in [-0.4, -0.2) is 66.6 Å². The number of hydrogen-bond acceptors (Lipinski definition) is 11. The van der Waals surface area contributed by atoms with Crippen molar-refractivity contribution in [2.45, 2.75) is 71.2 Å². The third-order valence-electron chi connectivity index (χ3n) is 6.15. The van der Waals surface area contributed by atoms with E-state index in [2.05, 4.69) is 0 Å². The largest absolute Gasteiger partial charge is 0.494 e. The molecule has 1 aliphatic rings. The normalized spacial score (nSPS) is 23.7. The number of hydrogen-bond donors (Lipinski definition) is 1. The Morgan fingerprint density at radius 2 is 1.49 bits per heavy atom. The van der Waals surface area contributed by atoms with E-state index < -0.39 is 60.7 Å². The van der Waals surface area contributed by atoms with Crippen molar-refractivity contribution in [3.05, 3.63) is 64.2 Å². The molecule has 0 unspecified atom stereocenters. The molecule has 0 amide bonds. The summed E-state index contributed by atoms with van der Waals surface area (Å²) in [5, 5.41) is 12.2. The average Bonchev–Trinajstić information content (AvgIpc) is 2.88. The molecule has 1 saturated heterocycles. The first-order valence-electron chi connectivity index (χ1n) is 12.9. The lowest BCUT2D eigenvalue weighted by Crippen LogP contribution is -2.66. The van der Waals surface area contributed by atoms with Crippen molar-refractivity contribution in [1.29, 1.82) is 0 Å². The van der Waals surface area contributed by atoms with Crippen molar-refractivity contribution >= 4 is 35.5 Å². The lowest BCUT2D eigenvalue weighted by Gasteiger charge is -2.49. The highest BCUT2D eigenvalue weighted by Crippen LogP contribution is 2.44. The van der Waals surface area contributed by atoms with Gasteiger partial charge in [-0.3, -0.25) is 19.2 Å². The molecule has 1 aliphatic heterocycles. The van der Waals surface area contributed by atoms with E-state index >= 15 is 0 Å². The van der Waals surface area contributed by atoms with Gasteiger partial charge in [0.2, 0.25) is 11.9 Å². The summed E-state index contributed by atoms with van der Waals surface area (Å²) in [5.41, 5.74) is 1.47. The van der Waals surface area contributed by atoms with Crippen LogP contribution in [0.1, 0.15) is 51.3 Å². The monoisotopic (exact) mass is 592 g/mol. The number of benzene rings is 2. The molecule has 1 fully saturated rings. The predicted molar refractivity (Wildman–Crippen MR) is 144 cm³/mol. The predicted octanol–water partition coefficient (Wildman–Crippen LogP) is 3.23. The molecule has 41 heavy (non-hydrogen) atoms. The molecule has 0 saturated carbocycles. The first-order valence-corrected chi connectivity index (χ1v) is 13.3. The van der Waals surface area contributed by atoms with Gasteiger partial charge in [-0.05, 0) is 36.6 Å². The lowest BCUT2D eigenvalue weighted by atomic mass is 9.86. The van der Waals surface area contributed by atoms with Gasteiger partial charge < -0.3 is 33.5 Å². The van der Waals surface area contributed by atoms with Crippen molar-refractivity contribution in [3.63, 3.8) is 0 Å². The van der Waals surface area contributed by atoms with Crippen LogP contribution in [0.15, 0.2) is 42.5 Å². The van der Waals surface area contributed by atoms with E-state index in [9.17, 15) is 24.3 Å². The maximum atomic E-state index is 12.2. The molecule has 12 heteroatoms. The van der Waals surface area contributed by atoms with Gasteiger partial charge >= 0.3 is 23.9 Å². The molecule has 5 atom stereocenters. The first kappa shape index (κ1) is 31.9. The Balaban J connectivity index is 2.12. The number of halogens is 1. The Kier molecular flexibility index (Phi) is 10.7. The minimum atomic E-state index is -2.53. The van der Waals surface area contributed by atoms with Gasteiger partial charge in [0.15, 0.2) is 12.2 Å². The maximum Gasteiger partial charge on any atom is 0.303 e. The van der Waals surface area contributed by atoms with E-state index in [1.165, 1.54) is 6.07 Å². The van der Waals surface area contributed by atoms with Crippen molar-refractivity contribution in [2.24, 2.45) is 0 Å². The highest BCUT2D eigenvalue weighted by atomic mass is 35.5. The molecular formula is C29H33ClO11. The van der Waals surface area contributed by atoms with E-state index in [1.807, 2.05) is 31.2 Å². The molecule has 0 aromatic heterocycles. The fourth-order valence-electron chi connectivity index (χ4n) is 4.58. The zero-order valence-electron chi connectivity index (χ0n) is 23.4. The van der Waals surface area contributed by atoms with Crippen LogP contribution in [0, 0.1) is 0 Å². The molecule has 2 aromatic rings. The molecular weight excluding hydrogens is 560 g/mol. The number of aliphatic hydroxyl groups is 1. The fourth-order valence-corrected chi connectivity index (χ4v) is 4.91. The highest BCUT2D eigenvalue weighted by Gasteiger charge is 2.61. The molecule has 0 spiro atoms. The van der Waals surface area contributed by atoms with E-state index in [0.29, 0.717) is 24.3 Å². The summed E-state index contributed by atoms with van der Waals surface area (Å²) in [6, 6.07) is 12.2. The first-order chi connectivity index (χ1) is 19.3. The maximum absolute atomic E-state index is 12.2. The minimum Gasteiger partial charge on any atom is -0.494 e. The van der Waals surface area contributed by atoms with Crippen LogP contribution >= 0.6 is 11.6 Å². The molecule has 0 bridgehead atoms. The van der Waals surface area contributed by atoms with E-state index in [-0.39, 0.29) is 10.6 Å². The number of rotatable bonds is 10. The molecule has 11 nitrogen and oxygen atoms in total. The second kappa shape index (κ2) is 13.8. The van der Waals surface area contributed by atoms with Crippen LogP contribution in [0.4, 0.5) is 0 Å². The molecule has 1 N–H and O–H groups in total. The van der Waals surface area contributed by atoms with Crippen LogP contribution in [0.3, 0.4) is 0 Å². The third kappa shape index (κ3) is 7.96.